The van der Waals surface area contributed by atoms with E-state index in [2.05, 4.69) is 27.8 Å². The number of rotatable bonds is 6. The van der Waals surface area contributed by atoms with E-state index in [1.807, 2.05) is 60.8 Å². The smallest absolute Gasteiger partial charge is 0.250 e. The summed E-state index contributed by atoms with van der Waals surface area (Å²) in [4.78, 5) is 26.0. The number of nitrogens with one attached hydrogen (secondary N) is 2. The maximum atomic E-state index is 12.1. The molecule has 158 valence electrons. The second-order valence-corrected chi connectivity index (χ2v) is 7.45. The Balaban J connectivity index is 1.58. The summed E-state index contributed by atoms with van der Waals surface area (Å²) < 4.78 is 4.93. The summed E-state index contributed by atoms with van der Waals surface area (Å²) >= 11 is 0. The molecule has 0 bridgehead atoms. The van der Waals surface area contributed by atoms with E-state index in [1.54, 1.807) is 0 Å². The summed E-state index contributed by atoms with van der Waals surface area (Å²) in [6, 6.07) is 21.5. The van der Waals surface area contributed by atoms with E-state index in [1.165, 1.54) is 12.7 Å². The van der Waals surface area contributed by atoms with Crippen LogP contribution < -0.4 is 10.6 Å². The summed E-state index contributed by atoms with van der Waals surface area (Å²) in [5, 5.41) is 7.23. The first kappa shape index (κ1) is 19.8. The summed E-state index contributed by atoms with van der Waals surface area (Å²) in [5.74, 6) is 0.972. The molecule has 32 heavy (non-hydrogen) atoms. The minimum Gasteiger partial charge on any atom is -0.375 e. The Morgan fingerprint density at radius 1 is 1.03 bits per heavy atom. The molecule has 0 radical (unpaired) electrons. The first-order valence-corrected chi connectivity index (χ1v) is 10.3. The van der Waals surface area contributed by atoms with Gasteiger partial charge in [-0.15, -0.1) is 0 Å². The topological polar surface area (TPSA) is 88.5 Å². The average Bonchev–Trinajstić information content (AvgIpc) is 3.27. The van der Waals surface area contributed by atoms with Gasteiger partial charge in [0.25, 0.3) is 0 Å². The predicted octanol–water partition coefficient (Wildman–Crippen LogP) is 4.56. The fourth-order valence-electron chi connectivity index (χ4n) is 3.71. The highest BCUT2D eigenvalue weighted by Crippen LogP contribution is 2.31. The zero-order valence-electron chi connectivity index (χ0n) is 17.5. The molecule has 0 unspecified atom stereocenters. The Hall–Kier alpha value is -4.10. The number of amides is 1. The van der Waals surface area contributed by atoms with Crippen LogP contribution in [0.2, 0.25) is 0 Å². The van der Waals surface area contributed by atoms with E-state index in [9.17, 15) is 4.79 Å². The lowest BCUT2D eigenvalue weighted by molar-refractivity contribution is -0.119. The van der Waals surface area contributed by atoms with Crippen LogP contribution in [0.25, 0.3) is 22.3 Å². The number of hydrogen-bond donors (Lipinski definition) is 2. The highest BCUT2D eigenvalue weighted by atomic mass is 16.5. The van der Waals surface area contributed by atoms with Crippen LogP contribution >= 0.6 is 0 Å². The number of nitrogens with zero attached hydrogens (tertiary/aromatic N) is 3. The number of hydrogen-bond acceptors (Lipinski definition) is 6. The molecule has 0 aliphatic carbocycles. The third kappa shape index (κ3) is 3.93. The van der Waals surface area contributed by atoms with Crippen molar-refractivity contribution in [3.63, 3.8) is 0 Å². The normalized spacial score (nSPS) is 12.0. The van der Waals surface area contributed by atoms with Crippen LogP contribution in [0.15, 0.2) is 71.7 Å². The van der Waals surface area contributed by atoms with Crippen molar-refractivity contribution < 1.29 is 9.53 Å². The first-order chi connectivity index (χ1) is 15.7. The van der Waals surface area contributed by atoms with Crippen LogP contribution in [0.3, 0.4) is 0 Å². The van der Waals surface area contributed by atoms with Crippen molar-refractivity contribution in [2.24, 2.45) is 4.99 Å². The third-order valence-electron chi connectivity index (χ3n) is 5.22. The van der Waals surface area contributed by atoms with Crippen molar-refractivity contribution in [1.29, 1.82) is 0 Å². The molecule has 4 aromatic rings. The first-order valence-electron chi connectivity index (χ1n) is 10.3. The van der Waals surface area contributed by atoms with Gasteiger partial charge in [-0.05, 0) is 47.5 Å². The Morgan fingerprint density at radius 2 is 1.88 bits per heavy atom. The van der Waals surface area contributed by atoms with Gasteiger partial charge in [0.1, 0.15) is 12.4 Å². The fraction of sp³-hybridized carbons (Fsp3) is 0.120. The van der Waals surface area contributed by atoms with Gasteiger partial charge >= 0.3 is 0 Å². The summed E-state index contributed by atoms with van der Waals surface area (Å²) in [6.07, 6.45) is 1.89. The number of benzene rings is 3. The maximum absolute atomic E-state index is 12.1. The van der Waals surface area contributed by atoms with Crippen molar-refractivity contribution in [3.05, 3.63) is 77.9 Å². The van der Waals surface area contributed by atoms with Crippen molar-refractivity contribution in [2.45, 2.75) is 6.54 Å². The van der Waals surface area contributed by atoms with Crippen molar-refractivity contribution in [2.75, 3.05) is 24.4 Å². The lowest BCUT2D eigenvalue weighted by atomic mass is 10.1. The van der Waals surface area contributed by atoms with Gasteiger partial charge in [0, 0.05) is 30.0 Å². The maximum Gasteiger partial charge on any atom is 0.250 e. The van der Waals surface area contributed by atoms with Gasteiger partial charge < -0.3 is 15.4 Å². The van der Waals surface area contributed by atoms with E-state index in [0.29, 0.717) is 17.3 Å². The third-order valence-corrected chi connectivity index (χ3v) is 5.22. The monoisotopic (exact) mass is 423 g/mol. The Bertz CT molecular complexity index is 1350. The standard InChI is InChI=1S/C25H21N5O2/c1-32-15-23(31)28-21-8-4-2-6-19(21)25-29-22-9-5-3-7-20(22)24(30-25)27-18-11-10-16-13-26-14-17(16)12-18/h2-12,14H,13,15H2,1H3,(H,28,31)(H,27,29,30). The van der Waals surface area contributed by atoms with Gasteiger partial charge in [-0.3, -0.25) is 9.79 Å². The summed E-state index contributed by atoms with van der Waals surface area (Å²) in [5.41, 5.74) is 5.41. The molecule has 0 saturated carbocycles. The second-order valence-electron chi connectivity index (χ2n) is 7.45. The Kier molecular flexibility index (Phi) is 5.31. The molecule has 0 fully saturated rings. The summed E-state index contributed by atoms with van der Waals surface area (Å²) in [7, 11) is 1.49. The molecular weight excluding hydrogens is 402 g/mol. The number of aliphatic imine (C=N–C) groups is 1. The molecule has 0 spiro atoms. The van der Waals surface area contributed by atoms with Crippen LogP contribution in [-0.4, -0.2) is 35.8 Å². The minimum absolute atomic E-state index is 0.0264. The number of para-hydroxylation sites is 2. The van der Waals surface area contributed by atoms with Gasteiger partial charge in [0.05, 0.1) is 17.7 Å². The molecule has 7 heteroatoms. The van der Waals surface area contributed by atoms with Gasteiger partial charge in [-0.2, -0.15) is 0 Å². The number of methoxy groups -OCH3 is 1. The van der Waals surface area contributed by atoms with E-state index in [0.717, 1.165) is 34.3 Å². The zero-order chi connectivity index (χ0) is 21.9. The zero-order valence-corrected chi connectivity index (χ0v) is 17.5. The van der Waals surface area contributed by atoms with E-state index < -0.39 is 0 Å². The molecule has 2 heterocycles. The van der Waals surface area contributed by atoms with Gasteiger partial charge in [0.15, 0.2) is 5.82 Å². The second kappa shape index (κ2) is 8.56. The molecular formula is C25H21N5O2. The van der Waals surface area contributed by atoms with Crippen LogP contribution in [0.4, 0.5) is 17.2 Å². The van der Waals surface area contributed by atoms with Gasteiger partial charge in [-0.1, -0.05) is 30.3 Å². The lowest BCUT2D eigenvalue weighted by Crippen LogP contribution is -2.17. The number of ether oxygens (including phenoxy) is 1. The minimum atomic E-state index is -0.237. The Labute approximate surface area is 185 Å². The molecule has 1 aliphatic heterocycles. The fourth-order valence-corrected chi connectivity index (χ4v) is 3.71. The number of aromatic nitrogens is 2. The molecule has 2 N–H and O–H groups in total. The van der Waals surface area contributed by atoms with Crippen molar-refractivity contribution in [3.8, 4) is 11.4 Å². The highest BCUT2D eigenvalue weighted by molar-refractivity contribution is 5.97. The molecule has 1 aromatic heterocycles. The van der Waals surface area contributed by atoms with Crippen LogP contribution in [0.5, 0.6) is 0 Å². The molecule has 0 atom stereocenters. The number of carbonyl (C=O) groups is 1. The number of anilines is 3. The largest absolute Gasteiger partial charge is 0.375 e. The van der Waals surface area contributed by atoms with E-state index >= 15 is 0 Å². The molecule has 1 aliphatic rings. The van der Waals surface area contributed by atoms with Crippen LogP contribution in [0, 0.1) is 0 Å². The molecule has 7 nitrogen and oxygen atoms in total. The SMILES string of the molecule is COCC(=O)Nc1ccccc1-c1nc(Nc2ccc3c(c2)C=NC3)c2ccccc2n1. The number of carbonyl (C=O) groups excluding carboxylic acids is 1. The van der Waals surface area contributed by atoms with Crippen molar-refractivity contribution >= 4 is 40.2 Å². The molecule has 3 aromatic carbocycles. The van der Waals surface area contributed by atoms with Crippen LogP contribution in [0.1, 0.15) is 11.1 Å². The van der Waals surface area contributed by atoms with Crippen LogP contribution in [-0.2, 0) is 16.1 Å². The molecule has 5 rings (SSSR count). The van der Waals surface area contributed by atoms with Gasteiger partial charge in [-0.25, -0.2) is 9.97 Å². The average molecular weight is 423 g/mol. The lowest BCUT2D eigenvalue weighted by Gasteiger charge is -2.14. The quantitative estimate of drug-likeness (QED) is 0.475. The van der Waals surface area contributed by atoms with Crippen molar-refractivity contribution in [1.82, 2.24) is 9.97 Å². The van der Waals surface area contributed by atoms with E-state index in [4.69, 9.17) is 14.7 Å². The van der Waals surface area contributed by atoms with E-state index in [-0.39, 0.29) is 12.5 Å². The number of fused-ring (bicyclic) bond motifs is 2. The summed E-state index contributed by atoms with van der Waals surface area (Å²) in [6.45, 7) is 0.698. The predicted molar refractivity (Wildman–Crippen MR) is 127 cm³/mol. The van der Waals surface area contributed by atoms with Gasteiger partial charge in [0.2, 0.25) is 5.91 Å². The highest BCUT2D eigenvalue weighted by Gasteiger charge is 2.15. The molecule has 1 amide bonds. The molecule has 0 saturated heterocycles. The Morgan fingerprint density at radius 3 is 2.78 bits per heavy atom.